The fraction of sp³-hybridized carbons (Fsp3) is 0.462. The molecule has 1 aromatic carbocycles. The number of hydrogen-bond donors (Lipinski definition) is 2. The Bertz CT molecular complexity index is 436. The van der Waals surface area contributed by atoms with E-state index in [-0.39, 0.29) is 6.04 Å². The molecular weight excluding hydrogens is 236 g/mol. The average Bonchev–Trinajstić information content (AvgIpc) is 2.85. The van der Waals surface area contributed by atoms with Crippen molar-refractivity contribution >= 4 is 17.3 Å². The Morgan fingerprint density at radius 1 is 1.59 bits per heavy atom. The molecule has 0 saturated carbocycles. The SMILES string of the molecule is [C-]#[N+]c1ccc(C[C@@H](O)[C@@H]2CCCN2)c(Cl)c1. The summed E-state index contributed by atoms with van der Waals surface area (Å²) >= 11 is 6.08. The fourth-order valence-electron chi connectivity index (χ4n) is 2.18. The lowest BCUT2D eigenvalue weighted by Crippen LogP contribution is -2.36. The van der Waals surface area contributed by atoms with Crippen LogP contribution in [0.4, 0.5) is 5.69 Å². The van der Waals surface area contributed by atoms with E-state index in [4.69, 9.17) is 18.2 Å². The van der Waals surface area contributed by atoms with Crippen LogP contribution in [0.25, 0.3) is 4.85 Å². The molecule has 90 valence electrons. The molecule has 0 aromatic heterocycles. The minimum absolute atomic E-state index is 0.173. The standard InChI is InChI=1S/C13H15ClN2O/c1-15-10-5-4-9(11(14)8-10)7-13(17)12-3-2-6-16-12/h4-5,8,12-13,16-17H,2-3,6-7H2/t12-,13+/m0/s1. The van der Waals surface area contributed by atoms with E-state index >= 15 is 0 Å². The molecule has 1 aromatic rings. The first-order chi connectivity index (χ1) is 8.20. The lowest BCUT2D eigenvalue weighted by Gasteiger charge is -2.18. The Morgan fingerprint density at radius 2 is 2.41 bits per heavy atom. The summed E-state index contributed by atoms with van der Waals surface area (Å²) in [4.78, 5) is 3.32. The number of nitrogens with zero attached hydrogens (tertiary/aromatic N) is 1. The molecule has 1 fully saturated rings. The van der Waals surface area contributed by atoms with Crippen LogP contribution in [-0.4, -0.2) is 23.8 Å². The molecule has 0 aliphatic carbocycles. The van der Waals surface area contributed by atoms with E-state index in [0.717, 1.165) is 24.9 Å². The molecular formula is C13H15ClN2O. The van der Waals surface area contributed by atoms with Crippen molar-refractivity contribution in [3.8, 4) is 0 Å². The van der Waals surface area contributed by atoms with E-state index < -0.39 is 6.10 Å². The van der Waals surface area contributed by atoms with Crippen LogP contribution in [0.15, 0.2) is 18.2 Å². The van der Waals surface area contributed by atoms with Gasteiger partial charge in [-0.3, -0.25) is 0 Å². The monoisotopic (exact) mass is 250 g/mol. The van der Waals surface area contributed by atoms with Crippen LogP contribution < -0.4 is 5.32 Å². The zero-order chi connectivity index (χ0) is 12.3. The van der Waals surface area contributed by atoms with E-state index in [1.165, 1.54) is 0 Å². The molecule has 17 heavy (non-hydrogen) atoms. The molecule has 2 atom stereocenters. The lowest BCUT2D eigenvalue weighted by molar-refractivity contribution is 0.136. The van der Waals surface area contributed by atoms with Gasteiger partial charge in [0.2, 0.25) is 0 Å². The van der Waals surface area contributed by atoms with Gasteiger partial charge in [0.05, 0.1) is 12.7 Å². The highest BCUT2D eigenvalue weighted by atomic mass is 35.5. The highest BCUT2D eigenvalue weighted by molar-refractivity contribution is 6.31. The minimum Gasteiger partial charge on any atom is -0.391 e. The third kappa shape index (κ3) is 2.98. The van der Waals surface area contributed by atoms with Crippen LogP contribution in [0.2, 0.25) is 5.02 Å². The van der Waals surface area contributed by atoms with Crippen molar-refractivity contribution in [2.24, 2.45) is 0 Å². The average molecular weight is 251 g/mol. The number of nitrogens with one attached hydrogen (secondary N) is 1. The fourth-order valence-corrected chi connectivity index (χ4v) is 2.43. The van der Waals surface area contributed by atoms with Gasteiger partial charge in [0.1, 0.15) is 0 Å². The number of aliphatic hydroxyl groups excluding tert-OH is 1. The van der Waals surface area contributed by atoms with E-state index in [1.807, 2.05) is 6.07 Å². The molecule has 3 nitrogen and oxygen atoms in total. The smallest absolute Gasteiger partial charge is 0.188 e. The summed E-state index contributed by atoms with van der Waals surface area (Å²) in [5.41, 5.74) is 1.44. The summed E-state index contributed by atoms with van der Waals surface area (Å²) in [5, 5.41) is 13.9. The van der Waals surface area contributed by atoms with E-state index in [1.54, 1.807) is 12.1 Å². The summed E-state index contributed by atoms with van der Waals surface area (Å²) in [7, 11) is 0. The van der Waals surface area contributed by atoms with Crippen LogP contribution in [0.3, 0.4) is 0 Å². The number of halogens is 1. The molecule has 2 N–H and O–H groups in total. The molecule has 0 spiro atoms. The number of benzene rings is 1. The Kier molecular flexibility index (Phi) is 4.01. The molecule has 0 unspecified atom stereocenters. The van der Waals surface area contributed by atoms with Crippen LogP contribution in [0, 0.1) is 6.57 Å². The van der Waals surface area contributed by atoms with Crippen molar-refractivity contribution in [1.29, 1.82) is 0 Å². The van der Waals surface area contributed by atoms with Crippen molar-refractivity contribution in [1.82, 2.24) is 5.32 Å². The first kappa shape index (κ1) is 12.4. The first-order valence-electron chi connectivity index (χ1n) is 5.78. The molecule has 0 amide bonds. The topological polar surface area (TPSA) is 36.6 Å². The lowest BCUT2D eigenvalue weighted by atomic mass is 10.0. The van der Waals surface area contributed by atoms with Gasteiger partial charge >= 0.3 is 0 Å². The van der Waals surface area contributed by atoms with Gasteiger partial charge in [0.15, 0.2) is 5.69 Å². The van der Waals surface area contributed by atoms with E-state index in [9.17, 15) is 5.11 Å². The summed E-state index contributed by atoms with van der Waals surface area (Å²) < 4.78 is 0. The second-order valence-corrected chi connectivity index (χ2v) is 4.77. The predicted octanol–water partition coefficient (Wildman–Crippen LogP) is 2.55. The molecule has 1 aliphatic heterocycles. The van der Waals surface area contributed by atoms with Crippen molar-refractivity contribution in [2.75, 3.05) is 6.54 Å². The third-order valence-electron chi connectivity index (χ3n) is 3.16. The van der Waals surface area contributed by atoms with Crippen LogP contribution >= 0.6 is 11.6 Å². The zero-order valence-electron chi connectivity index (χ0n) is 9.49. The maximum absolute atomic E-state index is 10.1. The summed E-state index contributed by atoms with van der Waals surface area (Å²) in [6, 6.07) is 5.39. The Balaban J connectivity index is 2.05. The second kappa shape index (κ2) is 5.50. The maximum atomic E-state index is 10.1. The van der Waals surface area contributed by atoms with Gasteiger partial charge in [-0.1, -0.05) is 23.7 Å². The number of aliphatic hydroxyl groups is 1. The molecule has 4 heteroatoms. The van der Waals surface area contributed by atoms with Gasteiger partial charge in [0, 0.05) is 17.5 Å². The number of rotatable bonds is 3. The van der Waals surface area contributed by atoms with E-state index in [2.05, 4.69) is 10.2 Å². The Morgan fingerprint density at radius 3 is 3.00 bits per heavy atom. The van der Waals surface area contributed by atoms with Gasteiger partial charge in [-0.25, -0.2) is 4.85 Å². The molecule has 1 saturated heterocycles. The predicted molar refractivity (Wildman–Crippen MR) is 68.4 cm³/mol. The van der Waals surface area contributed by atoms with Crippen molar-refractivity contribution in [3.05, 3.63) is 40.2 Å². The van der Waals surface area contributed by atoms with Crippen LogP contribution in [0.5, 0.6) is 0 Å². The highest BCUT2D eigenvalue weighted by Gasteiger charge is 2.23. The molecule has 0 radical (unpaired) electrons. The van der Waals surface area contributed by atoms with Crippen molar-refractivity contribution in [3.63, 3.8) is 0 Å². The highest BCUT2D eigenvalue weighted by Crippen LogP contribution is 2.25. The van der Waals surface area contributed by atoms with Gasteiger partial charge in [-0.15, -0.1) is 0 Å². The third-order valence-corrected chi connectivity index (χ3v) is 3.51. The molecule has 1 aliphatic rings. The van der Waals surface area contributed by atoms with Gasteiger partial charge < -0.3 is 10.4 Å². The van der Waals surface area contributed by atoms with Crippen molar-refractivity contribution < 1.29 is 5.11 Å². The first-order valence-corrected chi connectivity index (χ1v) is 6.16. The van der Waals surface area contributed by atoms with E-state index in [0.29, 0.717) is 17.1 Å². The second-order valence-electron chi connectivity index (χ2n) is 4.36. The van der Waals surface area contributed by atoms with Gasteiger partial charge in [-0.2, -0.15) is 0 Å². The molecule has 0 bridgehead atoms. The maximum Gasteiger partial charge on any atom is 0.188 e. The van der Waals surface area contributed by atoms with Gasteiger partial charge in [0.25, 0.3) is 0 Å². The zero-order valence-corrected chi connectivity index (χ0v) is 10.2. The summed E-state index contributed by atoms with van der Waals surface area (Å²) in [6.45, 7) is 7.87. The van der Waals surface area contributed by atoms with Crippen LogP contribution in [-0.2, 0) is 6.42 Å². The largest absolute Gasteiger partial charge is 0.391 e. The Labute approximate surface area is 106 Å². The molecule has 2 rings (SSSR count). The number of hydrogen-bond acceptors (Lipinski definition) is 2. The molecule has 1 heterocycles. The summed E-state index contributed by atoms with van der Waals surface area (Å²) in [5.74, 6) is 0. The minimum atomic E-state index is -0.409. The summed E-state index contributed by atoms with van der Waals surface area (Å²) in [6.07, 6.45) is 2.26. The quantitative estimate of drug-likeness (QED) is 0.809. The Hall–Kier alpha value is -1.08. The van der Waals surface area contributed by atoms with Gasteiger partial charge in [-0.05, 0) is 31.0 Å². The van der Waals surface area contributed by atoms with Crippen molar-refractivity contribution in [2.45, 2.75) is 31.4 Å². The normalized spacial score (nSPS) is 21.1. The van der Waals surface area contributed by atoms with Crippen LogP contribution in [0.1, 0.15) is 18.4 Å².